The van der Waals surface area contributed by atoms with Crippen molar-refractivity contribution in [2.75, 3.05) is 32.7 Å². The number of aliphatic hydroxyl groups excluding tert-OH is 1. The highest BCUT2D eigenvalue weighted by atomic mass is 35.5. The van der Waals surface area contributed by atoms with Gasteiger partial charge in [-0.05, 0) is 13.0 Å². The first kappa shape index (κ1) is 14.4. The van der Waals surface area contributed by atoms with Crippen molar-refractivity contribution in [3.05, 3.63) is 23.0 Å². The lowest BCUT2D eigenvalue weighted by molar-refractivity contribution is 0.0546. The molecule has 0 saturated carbocycles. The molecule has 0 unspecified atom stereocenters. The minimum atomic E-state index is -0.325. The molecule has 1 saturated heterocycles. The van der Waals surface area contributed by atoms with E-state index in [0.29, 0.717) is 30.4 Å². The molecule has 0 aromatic carbocycles. The summed E-state index contributed by atoms with van der Waals surface area (Å²) in [6, 6.07) is 1.70. The fourth-order valence-electron chi connectivity index (χ4n) is 2.41. The van der Waals surface area contributed by atoms with Crippen molar-refractivity contribution in [2.24, 2.45) is 7.05 Å². The van der Waals surface area contributed by atoms with Crippen LogP contribution >= 0.6 is 11.6 Å². The second kappa shape index (κ2) is 5.94. The van der Waals surface area contributed by atoms with Crippen molar-refractivity contribution < 1.29 is 9.90 Å². The van der Waals surface area contributed by atoms with E-state index >= 15 is 0 Å². The van der Waals surface area contributed by atoms with E-state index in [1.54, 1.807) is 23.8 Å². The molecule has 0 spiro atoms. The maximum Gasteiger partial charge on any atom is 0.270 e. The van der Waals surface area contributed by atoms with Gasteiger partial charge in [-0.15, -0.1) is 0 Å². The summed E-state index contributed by atoms with van der Waals surface area (Å²) in [7, 11) is 1.82. The number of rotatable bonds is 3. The number of β-amino-alcohol motifs (C(OH)–C–C–N with tert-alkyl or cyclic N) is 1. The summed E-state index contributed by atoms with van der Waals surface area (Å²) in [6.07, 6.45) is 1.41. The quantitative estimate of drug-likeness (QED) is 0.894. The molecular weight excluding hydrogens is 266 g/mol. The van der Waals surface area contributed by atoms with Gasteiger partial charge in [0.2, 0.25) is 0 Å². The number of hydrogen-bond acceptors (Lipinski definition) is 3. The fourth-order valence-corrected chi connectivity index (χ4v) is 2.66. The van der Waals surface area contributed by atoms with Crippen LogP contribution in [0.15, 0.2) is 12.3 Å². The predicted octanol–water partition coefficient (Wildman–Crippen LogP) is 0.817. The van der Waals surface area contributed by atoms with Gasteiger partial charge < -0.3 is 14.6 Å². The minimum Gasteiger partial charge on any atom is -0.392 e. The van der Waals surface area contributed by atoms with Crippen LogP contribution in [0, 0.1) is 0 Å². The normalized spacial score (nSPS) is 18.6. The number of halogens is 1. The second-order valence-corrected chi connectivity index (χ2v) is 5.53. The van der Waals surface area contributed by atoms with Crippen LogP contribution in [0.5, 0.6) is 0 Å². The maximum atomic E-state index is 12.3. The van der Waals surface area contributed by atoms with Crippen LogP contribution in [0.1, 0.15) is 17.4 Å². The Morgan fingerprint density at radius 2 is 2.05 bits per heavy atom. The van der Waals surface area contributed by atoms with Crippen molar-refractivity contribution in [2.45, 2.75) is 13.0 Å². The van der Waals surface area contributed by atoms with Crippen molar-refractivity contribution in [1.82, 2.24) is 14.4 Å². The molecular formula is C13H20ClN3O2. The van der Waals surface area contributed by atoms with E-state index in [2.05, 4.69) is 4.90 Å². The van der Waals surface area contributed by atoms with Gasteiger partial charge in [0.1, 0.15) is 5.69 Å². The molecule has 1 amide bonds. The molecule has 0 aliphatic carbocycles. The zero-order valence-electron chi connectivity index (χ0n) is 11.3. The van der Waals surface area contributed by atoms with Gasteiger partial charge in [0.15, 0.2) is 0 Å². The number of nitrogens with zero attached hydrogens (tertiary/aromatic N) is 3. The fraction of sp³-hybridized carbons (Fsp3) is 0.615. The topological polar surface area (TPSA) is 48.7 Å². The molecule has 2 heterocycles. The van der Waals surface area contributed by atoms with E-state index in [4.69, 9.17) is 11.6 Å². The lowest BCUT2D eigenvalue weighted by Crippen LogP contribution is -2.50. The van der Waals surface area contributed by atoms with Crippen LogP contribution in [-0.4, -0.2) is 64.2 Å². The Balaban J connectivity index is 1.94. The molecule has 1 aliphatic rings. The molecule has 1 N–H and O–H groups in total. The summed E-state index contributed by atoms with van der Waals surface area (Å²) >= 11 is 5.90. The minimum absolute atomic E-state index is 0.0195. The van der Waals surface area contributed by atoms with Gasteiger partial charge in [-0.1, -0.05) is 11.6 Å². The van der Waals surface area contributed by atoms with Crippen LogP contribution < -0.4 is 0 Å². The predicted molar refractivity (Wildman–Crippen MR) is 74.4 cm³/mol. The van der Waals surface area contributed by atoms with E-state index in [-0.39, 0.29) is 12.0 Å². The first-order valence-corrected chi connectivity index (χ1v) is 6.86. The Kier molecular flexibility index (Phi) is 4.50. The largest absolute Gasteiger partial charge is 0.392 e. The summed E-state index contributed by atoms with van der Waals surface area (Å²) in [5.74, 6) is 0.0195. The van der Waals surface area contributed by atoms with Crippen LogP contribution in [0.25, 0.3) is 0 Å². The number of carbonyl (C=O) groups is 1. The Morgan fingerprint density at radius 3 is 2.53 bits per heavy atom. The number of aromatic nitrogens is 1. The molecule has 106 valence electrons. The summed E-state index contributed by atoms with van der Waals surface area (Å²) in [6.45, 7) is 5.42. The van der Waals surface area contributed by atoms with Gasteiger partial charge in [-0.2, -0.15) is 0 Å². The average molecular weight is 286 g/mol. The second-order valence-electron chi connectivity index (χ2n) is 5.10. The van der Waals surface area contributed by atoms with Crippen LogP contribution in [0.4, 0.5) is 0 Å². The summed E-state index contributed by atoms with van der Waals surface area (Å²) in [4.78, 5) is 16.4. The van der Waals surface area contributed by atoms with Gasteiger partial charge in [0.05, 0.1) is 11.1 Å². The number of aliphatic hydroxyl groups is 1. The number of carbonyl (C=O) groups excluding carboxylic acids is 1. The highest BCUT2D eigenvalue weighted by Gasteiger charge is 2.24. The van der Waals surface area contributed by atoms with Gasteiger partial charge >= 0.3 is 0 Å². The molecule has 0 bridgehead atoms. The number of aryl methyl sites for hydroxylation is 1. The van der Waals surface area contributed by atoms with E-state index < -0.39 is 0 Å². The van der Waals surface area contributed by atoms with E-state index in [1.807, 2.05) is 11.9 Å². The molecule has 0 radical (unpaired) electrons. The van der Waals surface area contributed by atoms with Gasteiger partial charge in [-0.3, -0.25) is 9.69 Å². The van der Waals surface area contributed by atoms with Crippen molar-refractivity contribution >= 4 is 17.5 Å². The SMILES string of the molecule is C[C@@H](O)CN1CCN(C(=O)c2cc(Cl)cn2C)CC1. The molecule has 2 rings (SSSR count). The number of hydrogen-bond donors (Lipinski definition) is 1. The van der Waals surface area contributed by atoms with E-state index in [9.17, 15) is 9.90 Å². The zero-order valence-corrected chi connectivity index (χ0v) is 12.1. The highest BCUT2D eigenvalue weighted by Crippen LogP contribution is 2.15. The lowest BCUT2D eigenvalue weighted by atomic mass is 10.2. The first-order chi connectivity index (χ1) is 8.97. The Hall–Kier alpha value is -1.04. The third-order valence-corrected chi connectivity index (χ3v) is 3.58. The molecule has 5 nitrogen and oxygen atoms in total. The Morgan fingerprint density at radius 1 is 1.42 bits per heavy atom. The smallest absolute Gasteiger partial charge is 0.270 e. The monoisotopic (exact) mass is 285 g/mol. The summed E-state index contributed by atoms with van der Waals surface area (Å²) < 4.78 is 1.76. The van der Waals surface area contributed by atoms with Gasteiger partial charge in [0, 0.05) is 46.0 Å². The van der Waals surface area contributed by atoms with Crippen LogP contribution in [0.3, 0.4) is 0 Å². The van der Waals surface area contributed by atoms with Crippen molar-refractivity contribution in [3.63, 3.8) is 0 Å². The molecule has 19 heavy (non-hydrogen) atoms. The summed E-state index contributed by atoms with van der Waals surface area (Å²) in [5.41, 5.74) is 0.619. The molecule has 1 atom stereocenters. The average Bonchev–Trinajstić information content (AvgIpc) is 2.68. The highest BCUT2D eigenvalue weighted by molar-refractivity contribution is 6.31. The molecule has 1 aliphatic heterocycles. The third-order valence-electron chi connectivity index (χ3n) is 3.37. The van der Waals surface area contributed by atoms with Gasteiger partial charge in [0.25, 0.3) is 5.91 Å². The third kappa shape index (κ3) is 3.49. The number of amides is 1. The van der Waals surface area contributed by atoms with Crippen molar-refractivity contribution in [3.8, 4) is 0 Å². The van der Waals surface area contributed by atoms with E-state index in [1.165, 1.54) is 0 Å². The zero-order chi connectivity index (χ0) is 14.0. The Labute approximate surface area is 118 Å². The maximum absolute atomic E-state index is 12.3. The molecule has 1 aromatic rings. The first-order valence-electron chi connectivity index (χ1n) is 6.49. The standard InChI is InChI=1S/C13H20ClN3O2/c1-10(18)8-16-3-5-17(6-4-16)13(19)12-7-11(14)9-15(12)2/h7,9-10,18H,3-6,8H2,1-2H3/t10-/m1/s1. The van der Waals surface area contributed by atoms with Crippen molar-refractivity contribution in [1.29, 1.82) is 0 Å². The van der Waals surface area contributed by atoms with Gasteiger partial charge in [-0.25, -0.2) is 0 Å². The molecule has 1 fully saturated rings. The van der Waals surface area contributed by atoms with E-state index in [0.717, 1.165) is 13.1 Å². The molecule has 1 aromatic heterocycles. The Bertz CT molecular complexity index is 451. The molecule has 6 heteroatoms. The lowest BCUT2D eigenvalue weighted by Gasteiger charge is -2.35. The van der Waals surface area contributed by atoms with Crippen LogP contribution in [0.2, 0.25) is 5.02 Å². The number of piperazine rings is 1. The summed E-state index contributed by atoms with van der Waals surface area (Å²) in [5, 5.41) is 9.94. The van der Waals surface area contributed by atoms with Crippen LogP contribution in [-0.2, 0) is 7.05 Å².